The number of halogens is 1. The van der Waals surface area contributed by atoms with E-state index in [2.05, 4.69) is 0 Å². The molecule has 0 amide bonds. The highest BCUT2D eigenvalue weighted by atomic mass is 35.5. The third-order valence-electron chi connectivity index (χ3n) is 2.88. The third-order valence-corrected chi connectivity index (χ3v) is 3.11. The van der Waals surface area contributed by atoms with E-state index in [-0.39, 0.29) is 12.2 Å². The van der Waals surface area contributed by atoms with Crippen LogP contribution in [-0.2, 0) is 16.1 Å². The number of rotatable bonds is 4. The second-order valence-corrected chi connectivity index (χ2v) is 4.80. The van der Waals surface area contributed by atoms with Crippen LogP contribution in [0.4, 0.5) is 0 Å². The maximum Gasteiger partial charge on any atom is 0.329 e. The highest BCUT2D eigenvalue weighted by Crippen LogP contribution is 2.11. The summed E-state index contributed by atoms with van der Waals surface area (Å²) in [5, 5.41) is 0.396. The van der Waals surface area contributed by atoms with Gasteiger partial charge in [0.1, 0.15) is 12.6 Å². The monoisotopic (exact) mass is 291 g/mol. The van der Waals surface area contributed by atoms with E-state index in [1.54, 1.807) is 6.92 Å². The summed E-state index contributed by atoms with van der Waals surface area (Å²) >= 11 is 5.83. The molecule has 0 saturated carbocycles. The van der Waals surface area contributed by atoms with Crippen LogP contribution in [-0.4, -0.2) is 10.5 Å². The van der Waals surface area contributed by atoms with Gasteiger partial charge in [0.05, 0.1) is 5.02 Å². The lowest BCUT2D eigenvalue weighted by Gasteiger charge is -2.14. The fourth-order valence-corrected chi connectivity index (χ4v) is 1.91. The van der Waals surface area contributed by atoms with Crippen molar-refractivity contribution < 1.29 is 9.53 Å². The molecule has 2 rings (SSSR count). The van der Waals surface area contributed by atoms with Gasteiger partial charge in [0.2, 0.25) is 0 Å². The fourth-order valence-electron chi connectivity index (χ4n) is 1.74. The molecule has 0 aliphatic heterocycles. The van der Waals surface area contributed by atoms with Crippen molar-refractivity contribution in [2.75, 3.05) is 0 Å². The molecule has 1 unspecified atom stereocenters. The maximum atomic E-state index is 12.0. The predicted octanol–water partition coefficient (Wildman–Crippen LogP) is 2.81. The van der Waals surface area contributed by atoms with Gasteiger partial charge in [-0.3, -0.25) is 4.79 Å². The van der Waals surface area contributed by atoms with Crippen molar-refractivity contribution in [2.24, 2.45) is 0 Å². The molecule has 1 aromatic heterocycles. The molecule has 1 heterocycles. The van der Waals surface area contributed by atoms with E-state index in [1.165, 1.54) is 22.9 Å². The molecular formula is C15H14ClNO3. The zero-order chi connectivity index (χ0) is 14.5. The quantitative estimate of drug-likeness (QED) is 0.814. The molecule has 4 nitrogen and oxygen atoms in total. The van der Waals surface area contributed by atoms with Crippen LogP contribution in [0.15, 0.2) is 53.5 Å². The molecule has 0 spiro atoms. The molecule has 2 aromatic rings. The Morgan fingerprint density at radius 3 is 2.65 bits per heavy atom. The molecule has 0 N–H and O–H groups in total. The van der Waals surface area contributed by atoms with E-state index >= 15 is 0 Å². The summed E-state index contributed by atoms with van der Waals surface area (Å²) in [5.41, 5.74) is 0.602. The fraction of sp³-hybridized carbons (Fsp3) is 0.200. The minimum Gasteiger partial charge on any atom is -0.459 e. The standard InChI is InChI=1S/C15H14ClNO3/c1-11(17-9-13(16)7-8-14(17)18)15(19)20-10-12-5-3-2-4-6-12/h2-9,11H,10H2,1H3. The Morgan fingerprint density at radius 2 is 1.95 bits per heavy atom. The first-order chi connectivity index (χ1) is 9.58. The lowest BCUT2D eigenvalue weighted by Crippen LogP contribution is -2.28. The number of ether oxygens (including phenoxy) is 1. The minimum atomic E-state index is -0.718. The first kappa shape index (κ1) is 14.3. The van der Waals surface area contributed by atoms with Gasteiger partial charge < -0.3 is 9.30 Å². The zero-order valence-electron chi connectivity index (χ0n) is 11.0. The van der Waals surface area contributed by atoms with Gasteiger partial charge >= 0.3 is 5.97 Å². The normalized spacial score (nSPS) is 11.9. The molecule has 0 aliphatic rings. The average Bonchev–Trinajstić information content (AvgIpc) is 2.47. The van der Waals surface area contributed by atoms with Crippen molar-refractivity contribution in [1.82, 2.24) is 4.57 Å². The van der Waals surface area contributed by atoms with Crippen LogP contribution in [0, 0.1) is 0 Å². The molecule has 5 heteroatoms. The third kappa shape index (κ3) is 3.48. The first-order valence-corrected chi connectivity index (χ1v) is 6.54. The molecule has 1 atom stereocenters. The zero-order valence-corrected chi connectivity index (χ0v) is 11.7. The number of hydrogen-bond acceptors (Lipinski definition) is 3. The lowest BCUT2D eigenvalue weighted by molar-refractivity contribution is -0.148. The van der Waals surface area contributed by atoms with Gasteiger partial charge in [-0.05, 0) is 18.6 Å². The molecule has 0 aliphatic carbocycles. The molecule has 0 fully saturated rings. The van der Waals surface area contributed by atoms with Crippen LogP contribution in [0.25, 0.3) is 0 Å². The second-order valence-electron chi connectivity index (χ2n) is 4.36. The van der Waals surface area contributed by atoms with E-state index < -0.39 is 12.0 Å². The summed E-state index contributed by atoms with van der Waals surface area (Å²) in [6, 6.07) is 11.4. The number of nitrogens with zero attached hydrogens (tertiary/aromatic N) is 1. The van der Waals surface area contributed by atoms with E-state index in [4.69, 9.17) is 16.3 Å². The highest BCUT2D eigenvalue weighted by Gasteiger charge is 2.17. The summed E-state index contributed by atoms with van der Waals surface area (Å²) in [4.78, 5) is 23.6. The van der Waals surface area contributed by atoms with Gasteiger partial charge in [-0.1, -0.05) is 41.9 Å². The average molecular weight is 292 g/mol. The second kappa shape index (κ2) is 6.39. The Hall–Kier alpha value is -2.07. The Labute approximate surface area is 121 Å². The maximum absolute atomic E-state index is 12.0. The number of esters is 1. The number of benzene rings is 1. The number of pyridine rings is 1. The molecule has 0 radical (unpaired) electrons. The van der Waals surface area contributed by atoms with Gasteiger partial charge in [0, 0.05) is 12.3 Å². The smallest absolute Gasteiger partial charge is 0.329 e. The van der Waals surface area contributed by atoms with E-state index in [1.807, 2.05) is 30.3 Å². The van der Waals surface area contributed by atoms with Gasteiger partial charge in [-0.2, -0.15) is 0 Å². The van der Waals surface area contributed by atoms with Crippen LogP contribution in [0.2, 0.25) is 5.02 Å². The van der Waals surface area contributed by atoms with Crippen LogP contribution >= 0.6 is 11.6 Å². The van der Waals surface area contributed by atoms with Crippen molar-refractivity contribution in [3.05, 3.63) is 69.6 Å². The van der Waals surface area contributed by atoms with Crippen LogP contribution in [0.5, 0.6) is 0 Å². The summed E-state index contributed by atoms with van der Waals surface area (Å²) in [7, 11) is 0. The molecule has 1 aromatic carbocycles. The van der Waals surface area contributed by atoms with Crippen molar-refractivity contribution in [3.8, 4) is 0 Å². The number of hydrogen-bond donors (Lipinski definition) is 0. The Bertz CT molecular complexity index is 652. The van der Waals surface area contributed by atoms with Gasteiger partial charge in [-0.25, -0.2) is 4.79 Å². The summed E-state index contributed by atoms with van der Waals surface area (Å²) in [6.07, 6.45) is 1.43. The van der Waals surface area contributed by atoms with Crippen LogP contribution in [0.1, 0.15) is 18.5 Å². The van der Waals surface area contributed by atoms with Crippen molar-refractivity contribution in [3.63, 3.8) is 0 Å². The highest BCUT2D eigenvalue weighted by molar-refractivity contribution is 6.30. The molecular weight excluding hydrogens is 278 g/mol. The Morgan fingerprint density at radius 1 is 1.25 bits per heavy atom. The van der Waals surface area contributed by atoms with E-state index in [0.29, 0.717) is 5.02 Å². The minimum absolute atomic E-state index is 0.180. The van der Waals surface area contributed by atoms with Crippen molar-refractivity contribution in [1.29, 1.82) is 0 Å². The molecule has 20 heavy (non-hydrogen) atoms. The van der Waals surface area contributed by atoms with E-state index in [0.717, 1.165) is 5.56 Å². The predicted molar refractivity (Wildman–Crippen MR) is 76.7 cm³/mol. The lowest BCUT2D eigenvalue weighted by atomic mass is 10.2. The summed E-state index contributed by atoms with van der Waals surface area (Å²) in [5.74, 6) is -0.474. The van der Waals surface area contributed by atoms with Gasteiger partial charge in [0.25, 0.3) is 5.56 Å². The molecule has 0 saturated heterocycles. The number of aromatic nitrogens is 1. The van der Waals surface area contributed by atoms with Gasteiger partial charge in [0.15, 0.2) is 0 Å². The Balaban J connectivity index is 2.05. The number of carbonyl (C=O) groups is 1. The van der Waals surface area contributed by atoms with Crippen LogP contribution < -0.4 is 5.56 Å². The van der Waals surface area contributed by atoms with Crippen molar-refractivity contribution in [2.45, 2.75) is 19.6 Å². The Kier molecular flexibility index (Phi) is 4.58. The van der Waals surface area contributed by atoms with E-state index in [9.17, 15) is 9.59 Å². The van der Waals surface area contributed by atoms with Crippen molar-refractivity contribution >= 4 is 17.6 Å². The van der Waals surface area contributed by atoms with Gasteiger partial charge in [-0.15, -0.1) is 0 Å². The number of carbonyl (C=O) groups excluding carboxylic acids is 1. The molecule has 0 bridgehead atoms. The first-order valence-electron chi connectivity index (χ1n) is 6.16. The SMILES string of the molecule is CC(C(=O)OCc1ccccc1)n1cc(Cl)ccc1=O. The van der Waals surface area contributed by atoms with Crippen LogP contribution in [0.3, 0.4) is 0 Å². The summed E-state index contributed by atoms with van der Waals surface area (Å²) in [6.45, 7) is 1.78. The summed E-state index contributed by atoms with van der Waals surface area (Å²) < 4.78 is 6.46. The molecule has 104 valence electrons. The largest absolute Gasteiger partial charge is 0.459 e. The topological polar surface area (TPSA) is 48.3 Å².